The van der Waals surface area contributed by atoms with Crippen LogP contribution in [0.1, 0.15) is 33.5 Å². The Bertz CT molecular complexity index is 1080. The number of anilines is 2. The summed E-state index contributed by atoms with van der Waals surface area (Å²) in [6.07, 6.45) is 3.54. The molecule has 9 nitrogen and oxygen atoms in total. The SMILES string of the molecule is CCn1cc(NC(=O)c2cc(NC(=O)c3cccn3C)c(OC)c(OC)c2)c(C)n1. The fraction of sp³-hybridized carbons (Fsp3) is 0.286. The number of nitrogens with zero attached hydrogens (tertiary/aromatic N) is 3. The van der Waals surface area contributed by atoms with E-state index < -0.39 is 0 Å². The molecule has 0 atom stereocenters. The fourth-order valence-electron chi connectivity index (χ4n) is 3.07. The van der Waals surface area contributed by atoms with E-state index in [1.54, 1.807) is 53.0 Å². The molecule has 0 saturated carbocycles. The molecule has 0 aliphatic heterocycles. The number of methoxy groups -OCH3 is 2. The number of nitrogens with one attached hydrogen (secondary N) is 2. The first-order valence-electron chi connectivity index (χ1n) is 9.42. The Hall–Kier alpha value is -3.75. The Morgan fingerprint density at radius 1 is 1.10 bits per heavy atom. The predicted molar refractivity (Wildman–Crippen MR) is 114 cm³/mol. The van der Waals surface area contributed by atoms with Gasteiger partial charge in [-0.3, -0.25) is 14.3 Å². The molecule has 2 N–H and O–H groups in total. The topological polar surface area (TPSA) is 99.4 Å². The summed E-state index contributed by atoms with van der Waals surface area (Å²) in [5, 5.41) is 9.98. The number of rotatable bonds is 7. The van der Waals surface area contributed by atoms with Crippen LogP contribution >= 0.6 is 0 Å². The van der Waals surface area contributed by atoms with Crippen LogP contribution in [0.5, 0.6) is 11.5 Å². The van der Waals surface area contributed by atoms with Gasteiger partial charge in [0, 0.05) is 31.5 Å². The van der Waals surface area contributed by atoms with Crippen molar-refractivity contribution in [2.75, 3.05) is 24.9 Å². The lowest BCUT2D eigenvalue weighted by atomic mass is 10.1. The Balaban J connectivity index is 1.94. The Morgan fingerprint density at radius 3 is 2.40 bits per heavy atom. The second kappa shape index (κ2) is 8.73. The van der Waals surface area contributed by atoms with Crippen LogP contribution < -0.4 is 20.1 Å². The first-order valence-corrected chi connectivity index (χ1v) is 9.42. The first-order chi connectivity index (χ1) is 14.4. The van der Waals surface area contributed by atoms with Crippen LogP contribution in [0.4, 0.5) is 11.4 Å². The highest BCUT2D eigenvalue weighted by Gasteiger charge is 2.20. The van der Waals surface area contributed by atoms with Crippen LogP contribution in [0.3, 0.4) is 0 Å². The van der Waals surface area contributed by atoms with E-state index in [2.05, 4.69) is 15.7 Å². The minimum atomic E-state index is -0.357. The minimum Gasteiger partial charge on any atom is -0.493 e. The summed E-state index contributed by atoms with van der Waals surface area (Å²) in [7, 11) is 4.71. The van der Waals surface area contributed by atoms with Crippen molar-refractivity contribution < 1.29 is 19.1 Å². The van der Waals surface area contributed by atoms with Gasteiger partial charge in [0.25, 0.3) is 11.8 Å². The molecule has 2 heterocycles. The van der Waals surface area contributed by atoms with Gasteiger partial charge in [0.15, 0.2) is 11.5 Å². The van der Waals surface area contributed by atoms with E-state index in [-0.39, 0.29) is 11.8 Å². The van der Waals surface area contributed by atoms with Crippen LogP contribution in [-0.2, 0) is 13.6 Å². The number of hydrogen-bond donors (Lipinski definition) is 2. The third-order valence-electron chi connectivity index (χ3n) is 4.68. The van der Waals surface area contributed by atoms with E-state index >= 15 is 0 Å². The van der Waals surface area contributed by atoms with Gasteiger partial charge >= 0.3 is 0 Å². The molecular formula is C21H25N5O4. The summed E-state index contributed by atoms with van der Waals surface area (Å²) in [6, 6.07) is 6.59. The van der Waals surface area contributed by atoms with Gasteiger partial charge < -0.3 is 24.7 Å². The van der Waals surface area contributed by atoms with Crippen molar-refractivity contribution in [2.24, 2.45) is 7.05 Å². The number of carbonyl (C=O) groups is 2. The second-order valence-electron chi connectivity index (χ2n) is 6.66. The molecule has 0 radical (unpaired) electrons. The number of hydrogen-bond acceptors (Lipinski definition) is 5. The average Bonchev–Trinajstić information content (AvgIpc) is 3.32. The number of aromatic nitrogens is 3. The van der Waals surface area contributed by atoms with Gasteiger partial charge in [0.1, 0.15) is 5.69 Å². The molecule has 0 aliphatic rings. The van der Waals surface area contributed by atoms with E-state index in [0.717, 1.165) is 0 Å². The lowest BCUT2D eigenvalue weighted by Crippen LogP contribution is -2.18. The third-order valence-corrected chi connectivity index (χ3v) is 4.68. The molecule has 0 fully saturated rings. The van der Waals surface area contributed by atoms with Crippen molar-refractivity contribution in [1.29, 1.82) is 0 Å². The smallest absolute Gasteiger partial charge is 0.272 e. The standard InChI is InChI=1S/C21H25N5O4/c1-6-26-12-16(13(2)24-26)23-20(27)14-10-15(19(30-5)18(11-14)29-4)22-21(28)17-8-7-9-25(17)3/h7-12H,6H2,1-5H3,(H,22,28)(H,23,27). The zero-order chi connectivity index (χ0) is 21.8. The normalized spacial score (nSPS) is 10.6. The summed E-state index contributed by atoms with van der Waals surface area (Å²) in [6.45, 7) is 4.48. The first kappa shape index (κ1) is 21.0. The van der Waals surface area contributed by atoms with Crippen molar-refractivity contribution >= 4 is 23.2 Å². The monoisotopic (exact) mass is 411 g/mol. The molecule has 0 unspecified atom stereocenters. The van der Waals surface area contributed by atoms with Crippen molar-refractivity contribution in [1.82, 2.24) is 14.3 Å². The summed E-state index contributed by atoms with van der Waals surface area (Å²) in [5.41, 5.74) is 2.43. The van der Waals surface area contributed by atoms with Crippen molar-refractivity contribution in [2.45, 2.75) is 20.4 Å². The van der Waals surface area contributed by atoms with Crippen molar-refractivity contribution in [3.63, 3.8) is 0 Å². The summed E-state index contributed by atoms with van der Waals surface area (Å²) in [4.78, 5) is 25.6. The maximum atomic E-state index is 12.9. The number of aryl methyl sites for hydroxylation is 3. The average molecular weight is 411 g/mol. The number of benzene rings is 1. The van der Waals surface area contributed by atoms with Gasteiger partial charge in [-0.15, -0.1) is 0 Å². The zero-order valence-electron chi connectivity index (χ0n) is 17.6. The maximum Gasteiger partial charge on any atom is 0.272 e. The van der Waals surface area contributed by atoms with Gasteiger partial charge in [0.05, 0.1) is 31.3 Å². The van der Waals surface area contributed by atoms with E-state index in [1.165, 1.54) is 14.2 Å². The van der Waals surface area contributed by atoms with Gasteiger partial charge in [0.2, 0.25) is 0 Å². The second-order valence-corrected chi connectivity index (χ2v) is 6.66. The quantitative estimate of drug-likeness (QED) is 0.622. The highest BCUT2D eigenvalue weighted by molar-refractivity contribution is 6.08. The highest BCUT2D eigenvalue weighted by atomic mass is 16.5. The largest absolute Gasteiger partial charge is 0.493 e. The number of carbonyl (C=O) groups excluding carboxylic acids is 2. The summed E-state index contributed by atoms with van der Waals surface area (Å²) >= 11 is 0. The van der Waals surface area contributed by atoms with Crippen LogP contribution in [-0.4, -0.2) is 40.4 Å². The zero-order valence-corrected chi connectivity index (χ0v) is 17.6. The molecule has 0 aliphatic carbocycles. The van der Waals surface area contributed by atoms with Crippen LogP contribution in [0.2, 0.25) is 0 Å². The minimum absolute atomic E-state index is 0.304. The Labute approximate surface area is 174 Å². The molecule has 0 bridgehead atoms. The third kappa shape index (κ3) is 4.14. The lowest BCUT2D eigenvalue weighted by molar-refractivity contribution is 0.101. The van der Waals surface area contributed by atoms with Gasteiger partial charge in [-0.2, -0.15) is 5.10 Å². The van der Waals surface area contributed by atoms with Gasteiger partial charge in [-0.25, -0.2) is 0 Å². The van der Waals surface area contributed by atoms with Crippen LogP contribution in [0, 0.1) is 6.92 Å². The lowest BCUT2D eigenvalue weighted by Gasteiger charge is -2.16. The summed E-state index contributed by atoms with van der Waals surface area (Å²) < 4.78 is 14.2. The molecule has 9 heteroatoms. The fourth-order valence-corrected chi connectivity index (χ4v) is 3.07. The molecular weight excluding hydrogens is 386 g/mol. The van der Waals surface area contributed by atoms with Crippen molar-refractivity contribution in [3.8, 4) is 11.5 Å². The van der Waals surface area contributed by atoms with Gasteiger partial charge in [-0.05, 0) is 38.1 Å². The molecule has 0 spiro atoms. The molecule has 30 heavy (non-hydrogen) atoms. The molecule has 1 aromatic carbocycles. The molecule has 3 rings (SSSR count). The number of amides is 2. The molecule has 3 aromatic rings. The predicted octanol–water partition coefficient (Wildman–Crippen LogP) is 3.07. The van der Waals surface area contributed by atoms with Crippen molar-refractivity contribution in [3.05, 3.63) is 53.6 Å². The van der Waals surface area contributed by atoms with Crippen LogP contribution in [0.15, 0.2) is 36.7 Å². The maximum absolute atomic E-state index is 12.9. The van der Waals surface area contributed by atoms with E-state index in [4.69, 9.17) is 9.47 Å². The molecule has 2 aromatic heterocycles. The highest BCUT2D eigenvalue weighted by Crippen LogP contribution is 2.37. The molecule has 0 saturated heterocycles. The molecule has 2 amide bonds. The Morgan fingerprint density at radius 2 is 1.83 bits per heavy atom. The van der Waals surface area contributed by atoms with E-state index in [0.29, 0.717) is 46.4 Å². The van der Waals surface area contributed by atoms with Gasteiger partial charge in [-0.1, -0.05) is 0 Å². The summed E-state index contributed by atoms with van der Waals surface area (Å²) in [5.74, 6) is -0.0375. The number of ether oxygens (including phenoxy) is 2. The van der Waals surface area contributed by atoms with E-state index in [1.807, 2.05) is 13.8 Å². The van der Waals surface area contributed by atoms with E-state index in [9.17, 15) is 9.59 Å². The Kier molecular flexibility index (Phi) is 6.10. The molecule has 158 valence electrons. The van der Waals surface area contributed by atoms with Crippen LogP contribution in [0.25, 0.3) is 0 Å².